The van der Waals surface area contributed by atoms with Gasteiger partial charge < -0.3 is 10.3 Å². The highest BCUT2D eigenvalue weighted by molar-refractivity contribution is 5.95. The first-order chi connectivity index (χ1) is 8.54. The highest BCUT2D eigenvalue weighted by Crippen LogP contribution is 2.25. The van der Waals surface area contributed by atoms with Crippen molar-refractivity contribution < 1.29 is 9.18 Å². The molecule has 18 heavy (non-hydrogen) atoms. The van der Waals surface area contributed by atoms with Gasteiger partial charge in [-0.1, -0.05) is 6.92 Å². The molecule has 1 aliphatic rings. The summed E-state index contributed by atoms with van der Waals surface area (Å²) in [6.45, 7) is 4.72. The number of hydrazine groups is 1. The topological polar surface area (TPSA) is 71.2 Å². The number of carbonyl (C=O) groups excluding carboxylic acids is 1. The van der Waals surface area contributed by atoms with Gasteiger partial charge in [0.15, 0.2) is 11.6 Å². The predicted molar refractivity (Wildman–Crippen MR) is 66.3 cm³/mol. The van der Waals surface area contributed by atoms with E-state index < -0.39 is 5.82 Å². The molecule has 3 N–H and O–H groups in total. The Morgan fingerprint density at radius 2 is 2.33 bits per heavy atom. The third-order valence-corrected chi connectivity index (χ3v) is 3.30. The summed E-state index contributed by atoms with van der Waals surface area (Å²) in [6.07, 6.45) is 2.32. The van der Waals surface area contributed by atoms with Crippen molar-refractivity contribution in [1.82, 2.24) is 9.88 Å². The Kier molecular flexibility index (Phi) is 3.47. The van der Waals surface area contributed by atoms with Crippen molar-refractivity contribution in [1.29, 1.82) is 0 Å². The van der Waals surface area contributed by atoms with Crippen LogP contribution < -0.4 is 11.3 Å². The van der Waals surface area contributed by atoms with E-state index in [1.54, 1.807) is 4.90 Å². The molecule has 1 aromatic rings. The van der Waals surface area contributed by atoms with E-state index in [1.807, 2.05) is 6.92 Å². The van der Waals surface area contributed by atoms with E-state index in [-0.39, 0.29) is 23.3 Å². The number of pyridine rings is 1. The molecule has 2 unspecified atom stereocenters. The lowest BCUT2D eigenvalue weighted by Crippen LogP contribution is -2.34. The minimum absolute atomic E-state index is 0.0129. The van der Waals surface area contributed by atoms with E-state index in [0.29, 0.717) is 12.5 Å². The number of aromatic nitrogens is 1. The fourth-order valence-electron chi connectivity index (χ4n) is 2.45. The Bertz CT molecular complexity index is 465. The third kappa shape index (κ3) is 2.15. The normalized spacial score (nSPS) is 23.2. The fourth-order valence-corrected chi connectivity index (χ4v) is 2.45. The van der Waals surface area contributed by atoms with Crippen LogP contribution in [0, 0.1) is 11.7 Å². The number of hydrogen-bond donors (Lipinski definition) is 2. The zero-order valence-corrected chi connectivity index (χ0v) is 10.5. The number of anilines is 1. The highest BCUT2D eigenvalue weighted by atomic mass is 19.1. The molecule has 1 saturated heterocycles. The number of amides is 1. The number of rotatable bonds is 2. The van der Waals surface area contributed by atoms with Crippen LogP contribution in [-0.4, -0.2) is 28.4 Å². The first kappa shape index (κ1) is 12.8. The number of nitrogen functional groups attached to an aromatic ring is 1. The van der Waals surface area contributed by atoms with Gasteiger partial charge in [0.05, 0.1) is 5.56 Å². The molecule has 0 spiro atoms. The van der Waals surface area contributed by atoms with Crippen LogP contribution in [0.4, 0.5) is 10.2 Å². The summed E-state index contributed by atoms with van der Waals surface area (Å²) in [4.78, 5) is 17.7. The number of carbonyl (C=O) groups is 1. The molecule has 1 amide bonds. The van der Waals surface area contributed by atoms with Crippen molar-refractivity contribution in [3.63, 3.8) is 0 Å². The Labute approximate surface area is 105 Å². The first-order valence-corrected chi connectivity index (χ1v) is 5.96. The van der Waals surface area contributed by atoms with Crippen molar-refractivity contribution in [2.75, 3.05) is 12.0 Å². The molecule has 5 nitrogen and oxygen atoms in total. The van der Waals surface area contributed by atoms with E-state index in [0.717, 1.165) is 6.42 Å². The van der Waals surface area contributed by atoms with Gasteiger partial charge in [0, 0.05) is 18.8 Å². The van der Waals surface area contributed by atoms with Gasteiger partial charge >= 0.3 is 0 Å². The minimum Gasteiger partial charge on any atom is -0.336 e. The molecule has 1 aliphatic heterocycles. The molecule has 2 rings (SSSR count). The lowest BCUT2D eigenvalue weighted by Gasteiger charge is -2.22. The maximum absolute atomic E-state index is 13.9. The predicted octanol–water partition coefficient (Wildman–Crippen LogP) is 1.38. The van der Waals surface area contributed by atoms with Crippen LogP contribution in [0.25, 0.3) is 0 Å². The summed E-state index contributed by atoms with van der Waals surface area (Å²) < 4.78 is 13.9. The monoisotopic (exact) mass is 252 g/mol. The molecule has 0 aliphatic carbocycles. The Hall–Kier alpha value is -1.69. The standard InChI is InChI=1S/C12H17FN4O/c1-7-5-8(2)17(6-7)12(18)9-3-4-15-11(16-14)10(9)13/h3-4,7-8H,5-6,14H2,1-2H3,(H,15,16). The maximum atomic E-state index is 13.9. The largest absolute Gasteiger partial charge is 0.336 e. The van der Waals surface area contributed by atoms with Crippen molar-refractivity contribution in [2.45, 2.75) is 26.3 Å². The van der Waals surface area contributed by atoms with Crippen LogP contribution >= 0.6 is 0 Å². The lowest BCUT2D eigenvalue weighted by atomic mass is 10.1. The summed E-state index contributed by atoms with van der Waals surface area (Å²) in [5.41, 5.74) is 2.16. The zero-order valence-electron chi connectivity index (χ0n) is 10.5. The molecule has 1 aromatic heterocycles. The number of nitrogens with two attached hydrogens (primary N) is 1. The number of halogens is 1. The van der Waals surface area contributed by atoms with Crippen LogP contribution in [0.1, 0.15) is 30.6 Å². The molecule has 98 valence electrons. The number of hydrogen-bond acceptors (Lipinski definition) is 4. The Balaban J connectivity index is 2.29. The molecular formula is C12H17FN4O. The number of nitrogens with zero attached hydrogens (tertiary/aromatic N) is 2. The van der Waals surface area contributed by atoms with Crippen molar-refractivity contribution in [3.05, 3.63) is 23.6 Å². The van der Waals surface area contributed by atoms with Crippen molar-refractivity contribution in [2.24, 2.45) is 11.8 Å². The molecule has 0 radical (unpaired) electrons. The van der Waals surface area contributed by atoms with Gasteiger partial charge in [-0.15, -0.1) is 0 Å². The lowest BCUT2D eigenvalue weighted by molar-refractivity contribution is 0.0739. The zero-order chi connectivity index (χ0) is 13.3. The van der Waals surface area contributed by atoms with E-state index in [4.69, 9.17) is 5.84 Å². The van der Waals surface area contributed by atoms with Crippen molar-refractivity contribution in [3.8, 4) is 0 Å². The number of nitrogens with one attached hydrogen (secondary N) is 1. The van der Waals surface area contributed by atoms with Gasteiger partial charge in [-0.3, -0.25) is 4.79 Å². The first-order valence-electron chi connectivity index (χ1n) is 5.96. The molecular weight excluding hydrogens is 235 g/mol. The SMILES string of the molecule is CC1CC(C)N(C(=O)c2ccnc(NN)c2F)C1. The summed E-state index contributed by atoms with van der Waals surface area (Å²) in [5, 5.41) is 0. The second-order valence-electron chi connectivity index (χ2n) is 4.81. The Morgan fingerprint density at radius 1 is 1.61 bits per heavy atom. The van der Waals surface area contributed by atoms with E-state index in [9.17, 15) is 9.18 Å². The van der Waals surface area contributed by atoms with Gasteiger partial charge in [-0.25, -0.2) is 15.2 Å². The van der Waals surface area contributed by atoms with Gasteiger partial charge in [-0.05, 0) is 25.3 Å². The average Bonchev–Trinajstić information content (AvgIpc) is 2.68. The highest BCUT2D eigenvalue weighted by Gasteiger charge is 2.32. The second kappa shape index (κ2) is 4.89. The molecule has 2 heterocycles. The quantitative estimate of drug-likeness (QED) is 0.616. The van der Waals surface area contributed by atoms with Crippen LogP contribution in [0.3, 0.4) is 0 Å². The van der Waals surface area contributed by atoms with Crippen LogP contribution in [0.15, 0.2) is 12.3 Å². The molecule has 0 saturated carbocycles. The minimum atomic E-state index is -0.697. The second-order valence-corrected chi connectivity index (χ2v) is 4.81. The van der Waals surface area contributed by atoms with Gasteiger partial charge in [-0.2, -0.15) is 0 Å². The van der Waals surface area contributed by atoms with Gasteiger partial charge in [0.25, 0.3) is 5.91 Å². The number of likely N-dealkylation sites (tertiary alicyclic amines) is 1. The van der Waals surface area contributed by atoms with Crippen molar-refractivity contribution >= 4 is 11.7 Å². The summed E-state index contributed by atoms with van der Waals surface area (Å²) in [6, 6.07) is 1.52. The van der Waals surface area contributed by atoms with Crippen LogP contribution in [0.5, 0.6) is 0 Å². The third-order valence-electron chi connectivity index (χ3n) is 3.30. The van der Waals surface area contributed by atoms with Gasteiger partial charge in [0.1, 0.15) is 0 Å². The van der Waals surface area contributed by atoms with Crippen LogP contribution in [0.2, 0.25) is 0 Å². The fraction of sp³-hybridized carbons (Fsp3) is 0.500. The average molecular weight is 252 g/mol. The van der Waals surface area contributed by atoms with E-state index in [1.165, 1.54) is 12.3 Å². The maximum Gasteiger partial charge on any atom is 0.257 e. The smallest absolute Gasteiger partial charge is 0.257 e. The molecule has 0 bridgehead atoms. The van der Waals surface area contributed by atoms with E-state index in [2.05, 4.69) is 17.3 Å². The summed E-state index contributed by atoms with van der Waals surface area (Å²) >= 11 is 0. The molecule has 6 heteroatoms. The summed E-state index contributed by atoms with van der Waals surface area (Å²) in [5.74, 6) is 4.48. The van der Waals surface area contributed by atoms with Gasteiger partial charge in [0.2, 0.25) is 0 Å². The van der Waals surface area contributed by atoms with Crippen LogP contribution in [-0.2, 0) is 0 Å². The molecule has 1 fully saturated rings. The summed E-state index contributed by atoms with van der Waals surface area (Å²) in [7, 11) is 0. The Morgan fingerprint density at radius 3 is 2.89 bits per heavy atom. The molecule has 2 atom stereocenters. The molecule has 0 aromatic carbocycles. The van der Waals surface area contributed by atoms with E-state index >= 15 is 0 Å².